The molecule has 0 atom stereocenters. The van der Waals surface area contributed by atoms with Gasteiger partial charge in [0.1, 0.15) is 12.4 Å². The van der Waals surface area contributed by atoms with Gasteiger partial charge in [-0.2, -0.15) is 0 Å². The minimum absolute atomic E-state index is 0.0408. The van der Waals surface area contributed by atoms with Gasteiger partial charge in [-0.1, -0.05) is 39.0 Å². The molecule has 0 saturated carbocycles. The van der Waals surface area contributed by atoms with Crippen molar-refractivity contribution in [2.24, 2.45) is 0 Å². The van der Waals surface area contributed by atoms with Gasteiger partial charge in [-0.15, -0.1) is 0 Å². The molecule has 0 aliphatic rings. The van der Waals surface area contributed by atoms with Gasteiger partial charge < -0.3 is 15.2 Å². The van der Waals surface area contributed by atoms with Crippen molar-refractivity contribution >= 4 is 11.9 Å². The highest BCUT2D eigenvalue weighted by Gasteiger charge is 2.18. The van der Waals surface area contributed by atoms with Crippen LogP contribution in [0.3, 0.4) is 0 Å². The first-order chi connectivity index (χ1) is 8.82. The zero-order valence-corrected chi connectivity index (χ0v) is 11.4. The van der Waals surface area contributed by atoms with Gasteiger partial charge in [0.05, 0.1) is 6.54 Å². The number of benzene rings is 1. The topological polar surface area (TPSA) is 75.6 Å². The van der Waals surface area contributed by atoms with Crippen LogP contribution in [0.1, 0.15) is 26.3 Å². The summed E-state index contributed by atoms with van der Waals surface area (Å²) in [6, 6.07) is 7.67. The first-order valence-electron chi connectivity index (χ1n) is 6.06. The van der Waals surface area contributed by atoms with E-state index in [0.717, 1.165) is 11.3 Å². The molecule has 0 fully saturated rings. The average molecular weight is 265 g/mol. The Morgan fingerprint density at radius 3 is 2.47 bits per heavy atom. The van der Waals surface area contributed by atoms with Gasteiger partial charge >= 0.3 is 11.9 Å². The largest absolute Gasteiger partial charge is 0.491 e. The Labute approximate surface area is 112 Å². The lowest BCUT2D eigenvalue weighted by Gasteiger charge is -2.22. The molecule has 1 aromatic carbocycles. The van der Waals surface area contributed by atoms with Crippen LogP contribution in [0.15, 0.2) is 24.3 Å². The fraction of sp³-hybridized carbons (Fsp3) is 0.429. The van der Waals surface area contributed by atoms with E-state index in [0.29, 0.717) is 0 Å². The maximum atomic E-state index is 10.8. The van der Waals surface area contributed by atoms with Crippen LogP contribution in [0.4, 0.5) is 0 Å². The van der Waals surface area contributed by atoms with Crippen LogP contribution in [-0.2, 0) is 15.0 Å². The molecule has 0 aliphatic heterocycles. The van der Waals surface area contributed by atoms with Crippen LogP contribution in [-0.4, -0.2) is 30.1 Å². The third-order valence-corrected chi connectivity index (χ3v) is 2.53. The Hall–Kier alpha value is -2.04. The molecule has 0 heterocycles. The van der Waals surface area contributed by atoms with Crippen molar-refractivity contribution < 1.29 is 19.4 Å². The number of rotatable bonds is 4. The van der Waals surface area contributed by atoms with Gasteiger partial charge in [-0.25, -0.2) is 4.79 Å². The molecule has 0 spiro atoms. The fourth-order valence-corrected chi connectivity index (χ4v) is 1.61. The first kappa shape index (κ1) is 15.0. The predicted molar refractivity (Wildman–Crippen MR) is 71.3 cm³/mol. The Balaban J connectivity index is 2.55. The Morgan fingerprint density at radius 1 is 1.26 bits per heavy atom. The normalized spacial score (nSPS) is 10.9. The van der Waals surface area contributed by atoms with E-state index in [-0.39, 0.29) is 18.6 Å². The number of carbonyl (C=O) groups is 2. The number of carboxylic acid groups (broad SMARTS) is 1. The van der Waals surface area contributed by atoms with E-state index < -0.39 is 11.9 Å². The number of carbonyl (C=O) groups excluding carboxylic acids is 1. The van der Waals surface area contributed by atoms with E-state index in [9.17, 15) is 9.59 Å². The number of para-hydroxylation sites is 1. The highest BCUT2D eigenvalue weighted by Crippen LogP contribution is 2.30. The molecule has 0 aliphatic carbocycles. The van der Waals surface area contributed by atoms with Gasteiger partial charge in [-0.3, -0.25) is 4.79 Å². The Bertz CT molecular complexity index is 463. The van der Waals surface area contributed by atoms with E-state index >= 15 is 0 Å². The lowest BCUT2D eigenvalue weighted by molar-refractivity contribution is -0.150. The molecule has 0 saturated heterocycles. The number of nitrogens with one attached hydrogen (secondary N) is 1. The third-order valence-electron chi connectivity index (χ3n) is 2.53. The Morgan fingerprint density at radius 2 is 1.89 bits per heavy atom. The summed E-state index contributed by atoms with van der Waals surface area (Å²) in [5.74, 6) is -1.76. The zero-order valence-electron chi connectivity index (χ0n) is 11.4. The molecule has 2 N–H and O–H groups in total. The predicted octanol–water partition coefficient (Wildman–Crippen LogP) is 1.56. The summed E-state index contributed by atoms with van der Waals surface area (Å²) in [6.07, 6.45) is 0. The van der Waals surface area contributed by atoms with E-state index in [2.05, 4.69) is 26.1 Å². The lowest BCUT2D eigenvalue weighted by atomic mass is 9.86. The van der Waals surface area contributed by atoms with Gasteiger partial charge in [-0.05, 0) is 17.0 Å². The zero-order chi connectivity index (χ0) is 14.5. The molecule has 1 amide bonds. The molecule has 5 nitrogen and oxygen atoms in total. The van der Waals surface area contributed by atoms with Crippen LogP contribution in [0, 0.1) is 0 Å². The molecule has 0 aromatic heterocycles. The van der Waals surface area contributed by atoms with Crippen molar-refractivity contribution in [3.63, 3.8) is 0 Å². The second-order valence-electron chi connectivity index (χ2n) is 5.16. The van der Waals surface area contributed by atoms with E-state index in [1.807, 2.05) is 24.3 Å². The monoisotopic (exact) mass is 265 g/mol. The van der Waals surface area contributed by atoms with E-state index in [1.165, 1.54) is 0 Å². The summed E-state index contributed by atoms with van der Waals surface area (Å²) >= 11 is 0. The standard InChI is InChI=1S/C14H19NO4/c1-14(2,3)10-6-4-5-7-11(10)19-9-8-15-12(16)13(17)18/h4-7H,8-9H2,1-3H3,(H,15,16)(H,17,18). The molecule has 0 unspecified atom stereocenters. The Kier molecular flexibility index (Phi) is 4.92. The summed E-state index contributed by atoms with van der Waals surface area (Å²) in [5.41, 5.74) is 1.03. The molecule has 0 bridgehead atoms. The minimum atomic E-state index is -1.49. The maximum absolute atomic E-state index is 10.8. The van der Waals surface area contributed by atoms with Crippen molar-refractivity contribution in [3.8, 4) is 5.75 Å². The molecule has 1 aromatic rings. The smallest absolute Gasteiger partial charge is 0.394 e. The van der Waals surface area contributed by atoms with E-state index in [4.69, 9.17) is 9.84 Å². The third kappa shape index (κ3) is 4.62. The summed E-state index contributed by atoms with van der Waals surface area (Å²) in [6.45, 7) is 6.64. The van der Waals surface area contributed by atoms with Crippen LogP contribution in [0.25, 0.3) is 0 Å². The van der Waals surface area contributed by atoms with Gasteiger partial charge in [0.2, 0.25) is 0 Å². The second-order valence-corrected chi connectivity index (χ2v) is 5.16. The van der Waals surface area contributed by atoms with Crippen molar-refractivity contribution in [2.75, 3.05) is 13.2 Å². The summed E-state index contributed by atoms with van der Waals surface area (Å²) in [4.78, 5) is 21.1. The van der Waals surface area contributed by atoms with Gasteiger partial charge in [0.25, 0.3) is 0 Å². The molecular formula is C14H19NO4. The summed E-state index contributed by atoms with van der Waals surface area (Å²) in [7, 11) is 0. The first-order valence-corrected chi connectivity index (χ1v) is 6.06. The number of aliphatic carboxylic acids is 1. The average Bonchev–Trinajstić information content (AvgIpc) is 2.33. The SMILES string of the molecule is CC(C)(C)c1ccccc1OCCNC(=O)C(=O)O. The quantitative estimate of drug-likeness (QED) is 0.640. The molecule has 1 rings (SSSR count). The molecule has 19 heavy (non-hydrogen) atoms. The fourth-order valence-electron chi connectivity index (χ4n) is 1.61. The van der Waals surface area contributed by atoms with Crippen molar-refractivity contribution in [1.29, 1.82) is 0 Å². The van der Waals surface area contributed by atoms with E-state index in [1.54, 1.807) is 0 Å². The molecule has 104 valence electrons. The highest BCUT2D eigenvalue weighted by molar-refractivity contribution is 6.31. The van der Waals surface area contributed by atoms with Gasteiger partial charge in [0, 0.05) is 0 Å². The molecule has 5 heteroatoms. The van der Waals surface area contributed by atoms with Gasteiger partial charge in [0.15, 0.2) is 0 Å². The molecular weight excluding hydrogens is 246 g/mol. The number of ether oxygens (including phenoxy) is 1. The number of amides is 1. The minimum Gasteiger partial charge on any atom is -0.491 e. The highest BCUT2D eigenvalue weighted by atomic mass is 16.5. The van der Waals surface area contributed by atoms with Crippen molar-refractivity contribution in [3.05, 3.63) is 29.8 Å². The van der Waals surface area contributed by atoms with Crippen LogP contribution < -0.4 is 10.1 Å². The van der Waals surface area contributed by atoms with Crippen molar-refractivity contribution in [2.45, 2.75) is 26.2 Å². The van der Waals surface area contributed by atoms with Crippen LogP contribution in [0.5, 0.6) is 5.75 Å². The van der Waals surface area contributed by atoms with Crippen molar-refractivity contribution in [1.82, 2.24) is 5.32 Å². The number of hydrogen-bond acceptors (Lipinski definition) is 3. The number of hydrogen-bond donors (Lipinski definition) is 2. The second kappa shape index (κ2) is 6.22. The van der Waals surface area contributed by atoms with Crippen LogP contribution in [0.2, 0.25) is 0 Å². The maximum Gasteiger partial charge on any atom is 0.394 e. The summed E-state index contributed by atoms with van der Waals surface area (Å²) in [5, 5.41) is 10.6. The number of carboxylic acids is 1. The lowest BCUT2D eigenvalue weighted by Crippen LogP contribution is -2.33. The van der Waals surface area contributed by atoms with Crippen LogP contribution >= 0.6 is 0 Å². The summed E-state index contributed by atoms with van der Waals surface area (Å²) < 4.78 is 5.59. The molecule has 0 radical (unpaired) electrons.